The summed E-state index contributed by atoms with van der Waals surface area (Å²) in [5, 5.41) is 0.402. The Morgan fingerprint density at radius 2 is 2.15 bits per heavy atom. The fraction of sp³-hybridized carbons (Fsp3) is 0.250. The molecule has 0 saturated heterocycles. The van der Waals surface area contributed by atoms with E-state index in [0.717, 1.165) is 0 Å². The first-order chi connectivity index (χ1) is 6.06. The maximum atomic E-state index is 11.2. The average Bonchev–Trinajstić information content (AvgIpc) is 2.03. The average molecular weight is 220 g/mol. The number of nitrogens with two attached hydrogens (primary N) is 1. The molecule has 0 aliphatic heterocycles. The van der Waals surface area contributed by atoms with Crippen molar-refractivity contribution in [1.82, 2.24) is 0 Å². The summed E-state index contributed by atoms with van der Waals surface area (Å²) in [7, 11) is 0.374. The van der Waals surface area contributed by atoms with Crippen LogP contribution in [0, 0.1) is 0 Å². The van der Waals surface area contributed by atoms with Crippen LogP contribution in [0.2, 0.25) is 5.02 Å². The lowest BCUT2D eigenvalue weighted by Crippen LogP contribution is -1.96. The third-order valence-corrected chi connectivity index (χ3v) is 2.98. The number of nitrogen functional groups attached to an aromatic ring is 1. The molecule has 0 heterocycles. The maximum Gasteiger partial charge on any atom is 0.143 e. The van der Waals surface area contributed by atoms with E-state index in [1.54, 1.807) is 12.3 Å². The number of hydrogen-bond donors (Lipinski definition) is 1. The van der Waals surface area contributed by atoms with Gasteiger partial charge in [-0.1, -0.05) is 11.6 Å². The molecule has 3 nitrogen and oxygen atoms in total. The second-order valence-corrected chi connectivity index (χ2v) is 4.23. The predicted octanol–water partition coefficient (Wildman–Crippen LogP) is 1.67. The van der Waals surface area contributed by atoms with E-state index >= 15 is 0 Å². The molecule has 0 radical (unpaired) electrons. The van der Waals surface area contributed by atoms with Gasteiger partial charge >= 0.3 is 0 Å². The summed E-state index contributed by atoms with van der Waals surface area (Å²) < 4.78 is 16.1. The van der Waals surface area contributed by atoms with Gasteiger partial charge in [-0.25, -0.2) is 0 Å². The SMILES string of the molecule is COc1cc(S(C)=O)c(Cl)cc1N. The number of hydrogen-bond acceptors (Lipinski definition) is 3. The van der Waals surface area contributed by atoms with Crippen molar-refractivity contribution < 1.29 is 8.95 Å². The third kappa shape index (κ3) is 2.14. The monoisotopic (exact) mass is 219 g/mol. The molecule has 1 atom stereocenters. The molecule has 1 unspecified atom stereocenters. The van der Waals surface area contributed by atoms with E-state index in [-0.39, 0.29) is 0 Å². The Hall–Kier alpha value is -0.740. The van der Waals surface area contributed by atoms with Crippen LogP contribution in [0.5, 0.6) is 5.75 Å². The first-order valence-electron chi connectivity index (χ1n) is 3.52. The van der Waals surface area contributed by atoms with Crippen molar-refractivity contribution in [3.8, 4) is 5.75 Å². The Balaban J connectivity index is 3.30. The fourth-order valence-corrected chi connectivity index (χ4v) is 2.05. The Bertz CT molecular complexity index is 354. The Morgan fingerprint density at radius 3 is 2.62 bits per heavy atom. The van der Waals surface area contributed by atoms with Crippen LogP contribution in [-0.4, -0.2) is 17.6 Å². The number of benzene rings is 1. The van der Waals surface area contributed by atoms with Crippen LogP contribution in [0.3, 0.4) is 0 Å². The zero-order valence-electron chi connectivity index (χ0n) is 7.33. The number of rotatable bonds is 2. The minimum Gasteiger partial charge on any atom is -0.495 e. The summed E-state index contributed by atoms with van der Waals surface area (Å²) in [5.41, 5.74) is 6.04. The molecule has 1 aromatic rings. The van der Waals surface area contributed by atoms with Gasteiger partial charge < -0.3 is 10.5 Å². The van der Waals surface area contributed by atoms with Crippen LogP contribution in [0.4, 0.5) is 5.69 Å². The van der Waals surface area contributed by atoms with Crippen molar-refractivity contribution in [3.63, 3.8) is 0 Å². The van der Waals surface area contributed by atoms with Gasteiger partial charge in [-0.05, 0) is 12.1 Å². The Morgan fingerprint density at radius 1 is 1.54 bits per heavy atom. The molecular formula is C8H10ClNO2S. The minimum absolute atomic E-state index is 0.402. The first-order valence-corrected chi connectivity index (χ1v) is 5.46. The van der Waals surface area contributed by atoms with E-state index in [2.05, 4.69) is 0 Å². The van der Waals surface area contributed by atoms with Crippen LogP contribution < -0.4 is 10.5 Å². The van der Waals surface area contributed by atoms with E-state index in [1.807, 2.05) is 0 Å². The van der Waals surface area contributed by atoms with Crippen LogP contribution >= 0.6 is 11.6 Å². The number of ether oxygens (including phenoxy) is 1. The van der Waals surface area contributed by atoms with E-state index in [4.69, 9.17) is 22.1 Å². The van der Waals surface area contributed by atoms with Crippen molar-refractivity contribution in [3.05, 3.63) is 17.2 Å². The molecular weight excluding hydrogens is 210 g/mol. The van der Waals surface area contributed by atoms with Crippen molar-refractivity contribution in [2.45, 2.75) is 4.90 Å². The van der Waals surface area contributed by atoms with Gasteiger partial charge in [0, 0.05) is 6.26 Å². The smallest absolute Gasteiger partial charge is 0.143 e. The van der Waals surface area contributed by atoms with Gasteiger partial charge in [0.2, 0.25) is 0 Å². The molecule has 0 aliphatic rings. The molecule has 13 heavy (non-hydrogen) atoms. The number of anilines is 1. The predicted molar refractivity (Wildman–Crippen MR) is 54.7 cm³/mol. The highest BCUT2D eigenvalue weighted by Crippen LogP contribution is 2.30. The molecule has 0 amide bonds. The molecule has 72 valence electrons. The zero-order valence-corrected chi connectivity index (χ0v) is 8.91. The largest absolute Gasteiger partial charge is 0.495 e. The summed E-state index contributed by atoms with van der Waals surface area (Å²) in [5.74, 6) is 0.495. The standard InChI is InChI=1S/C8H10ClNO2S/c1-12-7-4-8(13(2)11)5(9)3-6(7)10/h3-4H,10H2,1-2H3. The van der Waals surface area contributed by atoms with Gasteiger partial charge in [0.15, 0.2) is 0 Å². The minimum atomic E-state index is -1.13. The molecule has 0 saturated carbocycles. The quantitative estimate of drug-likeness (QED) is 0.770. The van der Waals surface area contributed by atoms with Crippen LogP contribution in [0.1, 0.15) is 0 Å². The van der Waals surface area contributed by atoms with Crippen molar-refractivity contribution in [1.29, 1.82) is 0 Å². The summed E-state index contributed by atoms with van der Waals surface area (Å²) in [6, 6.07) is 3.13. The molecule has 5 heteroatoms. The Labute approximate surface area is 84.3 Å². The molecule has 0 spiro atoms. The van der Waals surface area contributed by atoms with Crippen LogP contribution in [0.15, 0.2) is 17.0 Å². The highest BCUT2D eigenvalue weighted by molar-refractivity contribution is 7.84. The van der Waals surface area contributed by atoms with Gasteiger partial charge in [0.1, 0.15) is 5.75 Å². The molecule has 1 rings (SSSR count). The molecule has 2 N–H and O–H groups in total. The normalized spacial score (nSPS) is 12.5. The number of methoxy groups -OCH3 is 1. The molecule has 0 fully saturated rings. The second-order valence-electron chi connectivity index (χ2n) is 2.48. The lowest BCUT2D eigenvalue weighted by molar-refractivity contribution is 0.416. The van der Waals surface area contributed by atoms with Crippen molar-refractivity contribution in [2.24, 2.45) is 0 Å². The first kappa shape index (κ1) is 10.3. The van der Waals surface area contributed by atoms with Gasteiger partial charge in [-0.2, -0.15) is 0 Å². The number of halogens is 1. The second kappa shape index (κ2) is 3.98. The maximum absolute atomic E-state index is 11.2. The third-order valence-electron chi connectivity index (χ3n) is 1.59. The summed E-state index contributed by atoms with van der Waals surface area (Å²) in [6.07, 6.45) is 1.55. The Kier molecular flexibility index (Phi) is 3.17. The van der Waals surface area contributed by atoms with Gasteiger partial charge in [-0.3, -0.25) is 4.21 Å². The summed E-state index contributed by atoms with van der Waals surface area (Å²) >= 11 is 5.82. The highest BCUT2D eigenvalue weighted by atomic mass is 35.5. The zero-order chi connectivity index (χ0) is 10.0. The highest BCUT2D eigenvalue weighted by Gasteiger charge is 2.09. The summed E-state index contributed by atoms with van der Waals surface area (Å²) in [6.45, 7) is 0. The lowest BCUT2D eigenvalue weighted by atomic mass is 10.3. The van der Waals surface area contributed by atoms with Gasteiger partial charge in [0.05, 0.1) is 33.5 Å². The molecule has 0 aromatic heterocycles. The van der Waals surface area contributed by atoms with Gasteiger partial charge in [-0.15, -0.1) is 0 Å². The van der Waals surface area contributed by atoms with Crippen molar-refractivity contribution in [2.75, 3.05) is 19.1 Å². The van der Waals surface area contributed by atoms with Crippen LogP contribution in [-0.2, 0) is 10.8 Å². The van der Waals surface area contributed by atoms with E-state index in [1.165, 1.54) is 13.2 Å². The van der Waals surface area contributed by atoms with Crippen LogP contribution in [0.25, 0.3) is 0 Å². The van der Waals surface area contributed by atoms with E-state index in [9.17, 15) is 4.21 Å². The molecule has 0 bridgehead atoms. The van der Waals surface area contributed by atoms with E-state index in [0.29, 0.717) is 21.4 Å². The van der Waals surface area contributed by atoms with Gasteiger partial charge in [0.25, 0.3) is 0 Å². The molecule has 0 aliphatic carbocycles. The van der Waals surface area contributed by atoms with Crippen molar-refractivity contribution >= 4 is 28.1 Å². The topological polar surface area (TPSA) is 52.3 Å². The fourth-order valence-electron chi connectivity index (χ4n) is 0.947. The summed E-state index contributed by atoms with van der Waals surface area (Å²) in [4.78, 5) is 0.535. The lowest BCUT2D eigenvalue weighted by Gasteiger charge is -2.07. The molecule has 1 aromatic carbocycles. The van der Waals surface area contributed by atoms with E-state index < -0.39 is 10.8 Å².